The molecule has 3 heteroatoms. The molecule has 0 unspecified atom stereocenters. The van der Waals surface area contributed by atoms with Crippen molar-refractivity contribution in [3.05, 3.63) is 18.0 Å². The van der Waals surface area contributed by atoms with Crippen LogP contribution in [0.25, 0.3) is 0 Å². The van der Waals surface area contributed by atoms with Gasteiger partial charge in [0.2, 0.25) is 0 Å². The van der Waals surface area contributed by atoms with E-state index in [1.54, 1.807) is 6.20 Å². The van der Waals surface area contributed by atoms with E-state index in [9.17, 15) is 0 Å². The van der Waals surface area contributed by atoms with E-state index in [0.29, 0.717) is 11.8 Å². The maximum absolute atomic E-state index is 5.93. The lowest BCUT2D eigenvalue weighted by Crippen LogP contribution is -2.14. The van der Waals surface area contributed by atoms with Crippen molar-refractivity contribution in [1.82, 2.24) is 4.98 Å². The first-order chi connectivity index (χ1) is 6.97. The number of aromatic nitrogens is 1. The number of hydrogen-bond acceptors (Lipinski definition) is 3. The molecular formula is C12H18N2O. The number of rotatable bonds is 2. The van der Waals surface area contributed by atoms with Crippen LogP contribution in [0.3, 0.4) is 0 Å². The molecule has 0 bridgehead atoms. The molecule has 15 heavy (non-hydrogen) atoms. The molecule has 1 fully saturated rings. The lowest BCUT2D eigenvalue weighted by molar-refractivity contribution is 0.303. The maximum atomic E-state index is 5.93. The smallest absolute Gasteiger partial charge is 0.160 e. The average Bonchev–Trinajstić information content (AvgIpc) is 2.90. The number of nitrogens with zero attached hydrogens (tertiary/aromatic N) is 1. The molecule has 3 nitrogen and oxygen atoms in total. The van der Waals surface area contributed by atoms with Gasteiger partial charge in [0.15, 0.2) is 5.75 Å². The summed E-state index contributed by atoms with van der Waals surface area (Å²) in [5.41, 5.74) is 7.66. The van der Waals surface area contributed by atoms with Crippen molar-refractivity contribution in [2.24, 2.45) is 0 Å². The second-order valence-electron chi connectivity index (χ2n) is 5.17. The summed E-state index contributed by atoms with van der Waals surface area (Å²) in [5.74, 6) is 0.727. The molecular weight excluding hydrogens is 188 g/mol. The number of pyridine rings is 1. The number of ether oxygens (including phenoxy) is 1. The number of nitrogens with two attached hydrogens (primary N) is 1. The van der Waals surface area contributed by atoms with E-state index in [1.807, 2.05) is 6.07 Å². The first-order valence-corrected chi connectivity index (χ1v) is 5.39. The summed E-state index contributed by atoms with van der Waals surface area (Å²) in [6.07, 6.45) is 4.39. The van der Waals surface area contributed by atoms with Crippen molar-refractivity contribution in [3.63, 3.8) is 0 Å². The maximum Gasteiger partial charge on any atom is 0.160 e. The minimum atomic E-state index is 0.0340. The number of anilines is 1. The number of nitrogen functional groups attached to an aromatic ring is 1. The van der Waals surface area contributed by atoms with Crippen molar-refractivity contribution in [1.29, 1.82) is 0 Å². The second kappa shape index (κ2) is 3.40. The Morgan fingerprint density at radius 3 is 2.53 bits per heavy atom. The summed E-state index contributed by atoms with van der Waals surface area (Å²) in [6.45, 7) is 6.36. The Balaban J connectivity index is 2.21. The zero-order valence-corrected chi connectivity index (χ0v) is 9.58. The summed E-state index contributed by atoms with van der Waals surface area (Å²) in [5, 5.41) is 0. The molecule has 0 radical (unpaired) electrons. The summed E-state index contributed by atoms with van der Waals surface area (Å²) >= 11 is 0. The summed E-state index contributed by atoms with van der Waals surface area (Å²) in [4.78, 5) is 4.39. The van der Waals surface area contributed by atoms with Gasteiger partial charge in [-0.05, 0) is 18.9 Å². The van der Waals surface area contributed by atoms with Crippen LogP contribution in [-0.4, -0.2) is 11.1 Å². The van der Waals surface area contributed by atoms with Crippen molar-refractivity contribution in [3.8, 4) is 5.75 Å². The Bertz CT molecular complexity index is 364. The van der Waals surface area contributed by atoms with Crippen LogP contribution in [0, 0.1) is 0 Å². The first kappa shape index (κ1) is 10.3. The van der Waals surface area contributed by atoms with E-state index in [4.69, 9.17) is 10.5 Å². The predicted octanol–water partition coefficient (Wildman–Crippen LogP) is 2.50. The minimum absolute atomic E-state index is 0.0340. The van der Waals surface area contributed by atoms with Gasteiger partial charge < -0.3 is 10.5 Å². The highest BCUT2D eigenvalue weighted by Gasteiger charge is 2.25. The molecule has 0 atom stereocenters. The topological polar surface area (TPSA) is 48.1 Å². The molecule has 1 aliphatic rings. The molecule has 1 aromatic rings. The zero-order chi connectivity index (χ0) is 11.1. The summed E-state index contributed by atoms with van der Waals surface area (Å²) in [7, 11) is 0. The molecule has 1 saturated carbocycles. The lowest BCUT2D eigenvalue weighted by atomic mass is 9.91. The predicted molar refractivity (Wildman–Crippen MR) is 61.0 cm³/mol. The van der Waals surface area contributed by atoms with Crippen molar-refractivity contribution in [2.45, 2.75) is 45.1 Å². The van der Waals surface area contributed by atoms with Crippen molar-refractivity contribution < 1.29 is 4.74 Å². The first-order valence-electron chi connectivity index (χ1n) is 5.39. The molecule has 0 aromatic carbocycles. The minimum Gasteiger partial charge on any atom is -0.487 e. The molecule has 1 aliphatic carbocycles. The van der Waals surface area contributed by atoms with E-state index < -0.39 is 0 Å². The lowest BCUT2D eigenvalue weighted by Gasteiger charge is -2.18. The van der Waals surface area contributed by atoms with Crippen LogP contribution in [0.1, 0.15) is 39.3 Å². The standard InChI is InChI=1S/C12H18N2O/c1-12(2,3)11-6-9(13)10(7-14-11)15-8-4-5-8/h6-8H,4-5H2,1-3H3,(H2,13,14). The second-order valence-corrected chi connectivity index (χ2v) is 5.17. The fourth-order valence-electron chi connectivity index (χ4n) is 1.33. The molecule has 1 heterocycles. The third kappa shape index (κ3) is 2.41. The Morgan fingerprint density at radius 2 is 2.07 bits per heavy atom. The van der Waals surface area contributed by atoms with Gasteiger partial charge in [-0.25, -0.2) is 0 Å². The Morgan fingerprint density at radius 1 is 1.40 bits per heavy atom. The van der Waals surface area contributed by atoms with Crippen molar-refractivity contribution in [2.75, 3.05) is 5.73 Å². The van der Waals surface area contributed by atoms with Gasteiger partial charge in [-0.2, -0.15) is 0 Å². The normalized spacial score (nSPS) is 16.5. The molecule has 1 aromatic heterocycles. The van der Waals surface area contributed by atoms with Gasteiger partial charge in [0, 0.05) is 11.1 Å². The monoisotopic (exact) mass is 206 g/mol. The fraction of sp³-hybridized carbons (Fsp3) is 0.583. The van der Waals surface area contributed by atoms with Crippen LogP contribution >= 0.6 is 0 Å². The molecule has 82 valence electrons. The van der Waals surface area contributed by atoms with Gasteiger partial charge in [0.05, 0.1) is 18.0 Å². The Labute approximate surface area is 90.7 Å². The van der Waals surface area contributed by atoms with E-state index in [1.165, 1.54) is 0 Å². The quantitative estimate of drug-likeness (QED) is 0.808. The largest absolute Gasteiger partial charge is 0.487 e. The fourth-order valence-corrected chi connectivity index (χ4v) is 1.33. The SMILES string of the molecule is CC(C)(C)c1cc(N)c(OC2CC2)cn1. The summed E-state index contributed by atoms with van der Waals surface area (Å²) < 4.78 is 5.64. The molecule has 0 amide bonds. The van der Waals surface area contributed by atoms with E-state index >= 15 is 0 Å². The van der Waals surface area contributed by atoms with Gasteiger partial charge in [0.25, 0.3) is 0 Å². The molecule has 2 N–H and O–H groups in total. The highest BCUT2D eigenvalue weighted by Crippen LogP contribution is 2.32. The van der Waals surface area contributed by atoms with E-state index in [-0.39, 0.29) is 5.41 Å². The van der Waals surface area contributed by atoms with Gasteiger partial charge in [-0.1, -0.05) is 20.8 Å². The third-order valence-electron chi connectivity index (χ3n) is 2.48. The Kier molecular flexibility index (Phi) is 2.33. The third-order valence-corrected chi connectivity index (χ3v) is 2.48. The summed E-state index contributed by atoms with van der Waals surface area (Å²) in [6, 6.07) is 1.91. The molecule has 0 spiro atoms. The average molecular weight is 206 g/mol. The van der Waals surface area contributed by atoms with Gasteiger partial charge in [-0.15, -0.1) is 0 Å². The molecule has 0 saturated heterocycles. The van der Waals surface area contributed by atoms with E-state index in [0.717, 1.165) is 24.3 Å². The van der Waals surface area contributed by atoms with Crippen LogP contribution in [0.5, 0.6) is 5.75 Å². The molecule has 2 rings (SSSR count). The highest BCUT2D eigenvalue weighted by molar-refractivity contribution is 5.52. The zero-order valence-electron chi connectivity index (χ0n) is 9.58. The van der Waals surface area contributed by atoms with Crippen LogP contribution in [0.2, 0.25) is 0 Å². The van der Waals surface area contributed by atoms with Crippen LogP contribution in [-0.2, 0) is 5.41 Å². The van der Waals surface area contributed by atoms with Crippen LogP contribution < -0.4 is 10.5 Å². The van der Waals surface area contributed by atoms with Gasteiger partial charge in [-0.3, -0.25) is 4.98 Å². The van der Waals surface area contributed by atoms with Crippen LogP contribution in [0.15, 0.2) is 12.3 Å². The van der Waals surface area contributed by atoms with Gasteiger partial charge in [0.1, 0.15) is 0 Å². The van der Waals surface area contributed by atoms with Crippen molar-refractivity contribution >= 4 is 5.69 Å². The highest BCUT2D eigenvalue weighted by atomic mass is 16.5. The van der Waals surface area contributed by atoms with Gasteiger partial charge >= 0.3 is 0 Å². The van der Waals surface area contributed by atoms with Crippen LogP contribution in [0.4, 0.5) is 5.69 Å². The number of hydrogen-bond donors (Lipinski definition) is 1. The Hall–Kier alpha value is -1.25. The van der Waals surface area contributed by atoms with E-state index in [2.05, 4.69) is 25.8 Å². The molecule has 0 aliphatic heterocycles.